The van der Waals surface area contributed by atoms with Gasteiger partial charge in [-0.1, -0.05) is 67.3 Å². The van der Waals surface area contributed by atoms with Crippen LogP contribution >= 0.6 is 0 Å². The molecule has 1 aliphatic rings. The number of carbonyl (C=O) groups excluding carboxylic acids is 2. The second-order valence-corrected chi connectivity index (χ2v) is 8.13. The van der Waals surface area contributed by atoms with E-state index in [2.05, 4.69) is 6.58 Å². The number of Topliss-reactive ketones (excluding diaryl/α,β-unsaturated/α-hetero) is 1. The Hall–Kier alpha value is -4.32. The van der Waals surface area contributed by atoms with Crippen LogP contribution in [0.2, 0.25) is 0 Å². The van der Waals surface area contributed by atoms with Crippen LogP contribution in [0.4, 0.5) is 0 Å². The number of carbonyl (C=O) groups is 2. The molecule has 35 heavy (non-hydrogen) atoms. The summed E-state index contributed by atoms with van der Waals surface area (Å²) >= 11 is 0. The average molecular weight is 470 g/mol. The molecule has 0 aromatic heterocycles. The van der Waals surface area contributed by atoms with Gasteiger partial charge in [-0.25, -0.2) is 0 Å². The van der Waals surface area contributed by atoms with E-state index in [9.17, 15) is 14.7 Å². The largest absolute Gasteiger partial charge is 0.507 e. The van der Waals surface area contributed by atoms with Crippen LogP contribution in [0, 0.1) is 0 Å². The lowest BCUT2D eigenvalue weighted by Crippen LogP contribution is -2.31. The quantitative estimate of drug-likeness (QED) is 0.208. The first-order chi connectivity index (χ1) is 17.0. The van der Waals surface area contributed by atoms with E-state index < -0.39 is 17.7 Å². The molecule has 4 rings (SSSR count). The minimum Gasteiger partial charge on any atom is -0.507 e. The zero-order chi connectivity index (χ0) is 24.8. The Kier molecular flexibility index (Phi) is 7.31. The summed E-state index contributed by atoms with van der Waals surface area (Å²) in [6, 6.07) is 23.0. The molecule has 1 heterocycles. The highest BCUT2D eigenvalue weighted by molar-refractivity contribution is 6.46. The maximum Gasteiger partial charge on any atom is 0.295 e. The Morgan fingerprint density at radius 2 is 1.74 bits per heavy atom. The van der Waals surface area contributed by atoms with Crippen LogP contribution in [-0.2, 0) is 16.0 Å². The summed E-state index contributed by atoms with van der Waals surface area (Å²) in [4.78, 5) is 27.9. The molecule has 0 saturated carbocycles. The van der Waals surface area contributed by atoms with E-state index in [4.69, 9.17) is 9.47 Å². The van der Waals surface area contributed by atoms with Gasteiger partial charge in [-0.2, -0.15) is 0 Å². The Morgan fingerprint density at radius 3 is 2.43 bits per heavy atom. The van der Waals surface area contributed by atoms with Gasteiger partial charge >= 0.3 is 0 Å². The molecule has 1 fully saturated rings. The third kappa shape index (κ3) is 5.11. The standard InChI is InChI=1S/C29H27NO5/c1-3-18-35-23-14-12-21(13-15-23)26-25(27(31)22-10-7-11-24(19-22)34-2)28(32)29(33)30(26)17-16-20-8-5-4-6-9-20/h3-15,19,26,31H,1,16-18H2,2H3. The molecule has 3 aromatic rings. The molecular weight excluding hydrogens is 442 g/mol. The second kappa shape index (κ2) is 10.7. The number of aliphatic hydroxyl groups excluding tert-OH is 1. The van der Waals surface area contributed by atoms with Gasteiger partial charge in [-0.15, -0.1) is 0 Å². The molecule has 3 aromatic carbocycles. The van der Waals surface area contributed by atoms with Crippen molar-refractivity contribution in [1.82, 2.24) is 4.90 Å². The SMILES string of the molecule is C=CCOc1ccc(C2C(=C(O)c3cccc(OC)c3)C(=O)C(=O)N2CCc2ccccc2)cc1. The fraction of sp³-hybridized carbons (Fsp3) is 0.172. The van der Waals surface area contributed by atoms with Crippen molar-refractivity contribution < 1.29 is 24.2 Å². The van der Waals surface area contributed by atoms with E-state index in [-0.39, 0.29) is 11.3 Å². The third-order valence-corrected chi connectivity index (χ3v) is 5.93. The van der Waals surface area contributed by atoms with Crippen LogP contribution in [0.5, 0.6) is 11.5 Å². The summed E-state index contributed by atoms with van der Waals surface area (Å²) in [5, 5.41) is 11.2. The molecule has 0 radical (unpaired) electrons. The van der Waals surface area contributed by atoms with Crippen molar-refractivity contribution in [2.75, 3.05) is 20.3 Å². The van der Waals surface area contributed by atoms with Crippen LogP contribution in [0.25, 0.3) is 5.76 Å². The van der Waals surface area contributed by atoms with Gasteiger partial charge in [0, 0.05) is 12.1 Å². The molecular formula is C29H27NO5. The van der Waals surface area contributed by atoms with Crippen molar-refractivity contribution in [2.24, 2.45) is 0 Å². The average Bonchev–Trinajstić information content (AvgIpc) is 3.16. The lowest BCUT2D eigenvalue weighted by atomic mass is 9.95. The topological polar surface area (TPSA) is 76.1 Å². The maximum absolute atomic E-state index is 13.2. The number of ketones is 1. The highest BCUT2D eigenvalue weighted by Gasteiger charge is 2.45. The first kappa shape index (κ1) is 23.8. The van der Waals surface area contributed by atoms with Crippen molar-refractivity contribution in [1.29, 1.82) is 0 Å². The Morgan fingerprint density at radius 1 is 1.00 bits per heavy atom. The third-order valence-electron chi connectivity index (χ3n) is 5.93. The van der Waals surface area contributed by atoms with E-state index in [1.807, 2.05) is 42.5 Å². The number of hydrogen-bond acceptors (Lipinski definition) is 5. The molecule has 178 valence electrons. The number of likely N-dealkylation sites (tertiary alicyclic amines) is 1. The zero-order valence-electron chi connectivity index (χ0n) is 19.5. The molecule has 0 bridgehead atoms. The first-order valence-corrected chi connectivity index (χ1v) is 11.3. The number of nitrogens with zero attached hydrogens (tertiary/aromatic N) is 1. The smallest absolute Gasteiger partial charge is 0.295 e. The lowest BCUT2D eigenvalue weighted by Gasteiger charge is -2.25. The number of ether oxygens (including phenoxy) is 2. The summed E-state index contributed by atoms with van der Waals surface area (Å²) in [6.07, 6.45) is 2.23. The minimum absolute atomic E-state index is 0.0519. The van der Waals surface area contributed by atoms with E-state index in [1.165, 1.54) is 12.0 Å². The molecule has 0 aliphatic carbocycles. The van der Waals surface area contributed by atoms with Crippen molar-refractivity contribution in [3.63, 3.8) is 0 Å². The monoisotopic (exact) mass is 469 g/mol. The molecule has 1 atom stereocenters. The summed E-state index contributed by atoms with van der Waals surface area (Å²) < 4.78 is 10.8. The summed E-state index contributed by atoms with van der Waals surface area (Å²) in [6.45, 7) is 4.34. The number of methoxy groups -OCH3 is 1. The van der Waals surface area contributed by atoms with Gasteiger partial charge in [-0.05, 0) is 41.8 Å². The molecule has 0 spiro atoms. The van der Waals surface area contributed by atoms with Crippen LogP contribution < -0.4 is 9.47 Å². The molecule has 1 N–H and O–H groups in total. The van der Waals surface area contributed by atoms with Crippen molar-refractivity contribution in [2.45, 2.75) is 12.5 Å². The van der Waals surface area contributed by atoms with Gasteiger partial charge in [0.1, 0.15) is 23.9 Å². The maximum atomic E-state index is 13.2. The highest BCUT2D eigenvalue weighted by Crippen LogP contribution is 2.40. The van der Waals surface area contributed by atoms with Gasteiger partial charge in [0.05, 0.1) is 18.7 Å². The number of hydrogen-bond donors (Lipinski definition) is 1. The van der Waals surface area contributed by atoms with Gasteiger partial charge in [-0.3, -0.25) is 9.59 Å². The van der Waals surface area contributed by atoms with Crippen LogP contribution in [-0.4, -0.2) is 42.0 Å². The number of benzene rings is 3. The van der Waals surface area contributed by atoms with E-state index in [0.717, 1.165) is 5.56 Å². The van der Waals surface area contributed by atoms with Gasteiger partial charge in [0.25, 0.3) is 11.7 Å². The lowest BCUT2D eigenvalue weighted by molar-refractivity contribution is -0.139. The number of rotatable bonds is 9. The molecule has 6 heteroatoms. The predicted molar refractivity (Wildman–Crippen MR) is 134 cm³/mol. The predicted octanol–water partition coefficient (Wildman–Crippen LogP) is 4.92. The Balaban J connectivity index is 1.76. The zero-order valence-corrected chi connectivity index (χ0v) is 19.5. The van der Waals surface area contributed by atoms with E-state index in [1.54, 1.807) is 42.5 Å². The van der Waals surface area contributed by atoms with Gasteiger partial charge in [0.2, 0.25) is 0 Å². The van der Waals surface area contributed by atoms with Gasteiger partial charge in [0.15, 0.2) is 0 Å². The fourth-order valence-corrected chi connectivity index (χ4v) is 4.18. The first-order valence-electron chi connectivity index (χ1n) is 11.3. The highest BCUT2D eigenvalue weighted by atomic mass is 16.5. The van der Waals surface area contributed by atoms with Crippen LogP contribution in [0.15, 0.2) is 97.1 Å². The van der Waals surface area contributed by atoms with Crippen molar-refractivity contribution in [3.8, 4) is 11.5 Å². The number of aliphatic hydroxyl groups is 1. The molecule has 1 amide bonds. The Labute approximate surface area is 204 Å². The fourth-order valence-electron chi connectivity index (χ4n) is 4.18. The van der Waals surface area contributed by atoms with Crippen molar-refractivity contribution in [3.05, 3.63) is 114 Å². The molecule has 6 nitrogen and oxygen atoms in total. The minimum atomic E-state index is -0.738. The van der Waals surface area contributed by atoms with E-state index in [0.29, 0.717) is 42.2 Å². The van der Waals surface area contributed by atoms with E-state index >= 15 is 0 Å². The molecule has 1 saturated heterocycles. The molecule has 1 aliphatic heterocycles. The Bertz CT molecular complexity index is 1250. The normalized spacial score (nSPS) is 16.8. The second-order valence-electron chi connectivity index (χ2n) is 8.13. The van der Waals surface area contributed by atoms with Crippen LogP contribution in [0.1, 0.15) is 22.7 Å². The number of amides is 1. The molecule has 1 unspecified atom stereocenters. The summed E-state index contributed by atoms with van der Waals surface area (Å²) in [5.74, 6) is -0.408. The summed E-state index contributed by atoms with van der Waals surface area (Å²) in [7, 11) is 1.53. The van der Waals surface area contributed by atoms with Crippen LogP contribution in [0.3, 0.4) is 0 Å². The summed E-state index contributed by atoms with van der Waals surface area (Å²) in [5.41, 5.74) is 2.21. The van der Waals surface area contributed by atoms with Crippen molar-refractivity contribution >= 4 is 17.4 Å². The van der Waals surface area contributed by atoms with Gasteiger partial charge < -0.3 is 19.5 Å².